The van der Waals surface area contributed by atoms with Gasteiger partial charge in [-0.1, -0.05) is 18.2 Å². The minimum Gasteiger partial charge on any atom is -0.478 e. The number of para-hydroxylation sites is 1. The van der Waals surface area contributed by atoms with Crippen molar-refractivity contribution in [3.8, 4) is 28.7 Å². The van der Waals surface area contributed by atoms with E-state index >= 15 is 0 Å². The normalized spacial score (nSPS) is 10.6. The van der Waals surface area contributed by atoms with Gasteiger partial charge in [0.15, 0.2) is 5.75 Å². The van der Waals surface area contributed by atoms with Gasteiger partial charge in [0.1, 0.15) is 28.5 Å². The van der Waals surface area contributed by atoms with E-state index in [1.54, 1.807) is 24.4 Å². The van der Waals surface area contributed by atoms with Gasteiger partial charge in [-0.25, -0.2) is 14.4 Å². The van der Waals surface area contributed by atoms with Crippen molar-refractivity contribution in [2.45, 2.75) is 0 Å². The summed E-state index contributed by atoms with van der Waals surface area (Å²) in [4.78, 5) is 39.8. The topological polar surface area (TPSA) is 132 Å². The summed E-state index contributed by atoms with van der Waals surface area (Å²) in [6, 6.07) is 24.9. The Balaban J connectivity index is 1.47. The highest BCUT2D eigenvalue weighted by molar-refractivity contribution is 5.95. The van der Waals surface area contributed by atoms with E-state index in [4.69, 9.17) is 24.4 Å². The van der Waals surface area contributed by atoms with Gasteiger partial charge in [0, 0.05) is 17.6 Å². The molecule has 0 aliphatic heterocycles. The molecule has 0 fully saturated rings. The predicted octanol–water partition coefficient (Wildman–Crippen LogP) is 6.44. The van der Waals surface area contributed by atoms with Crippen LogP contribution < -0.4 is 14.2 Å². The fourth-order valence-corrected chi connectivity index (χ4v) is 3.73. The number of carbonyl (C=O) groups is 3. The maximum atomic E-state index is 13.2. The predicted molar refractivity (Wildman–Crippen MR) is 140 cm³/mol. The number of ether oxygens (including phenoxy) is 3. The van der Waals surface area contributed by atoms with Gasteiger partial charge in [-0.3, -0.25) is 4.98 Å². The number of hydrogen-bond donors (Lipinski definition) is 2. The van der Waals surface area contributed by atoms with Crippen molar-refractivity contribution in [2.24, 2.45) is 0 Å². The number of aromatic carboxylic acids is 2. The van der Waals surface area contributed by atoms with E-state index in [1.807, 2.05) is 12.1 Å². The average Bonchev–Trinajstić information content (AvgIpc) is 2.94. The fraction of sp³-hybridized carbons (Fsp3) is 0. The Hall–Kier alpha value is -5.70. The molecule has 0 atom stereocenters. The number of pyridine rings is 1. The summed E-state index contributed by atoms with van der Waals surface area (Å²) in [7, 11) is 0. The van der Waals surface area contributed by atoms with E-state index in [1.165, 1.54) is 66.7 Å². The Bertz CT molecular complexity index is 1610. The van der Waals surface area contributed by atoms with Crippen molar-refractivity contribution < 1.29 is 38.8 Å². The van der Waals surface area contributed by atoms with Crippen molar-refractivity contribution >= 4 is 28.8 Å². The van der Waals surface area contributed by atoms with Crippen LogP contribution in [0, 0.1) is 0 Å². The van der Waals surface area contributed by atoms with Crippen LogP contribution in [0.3, 0.4) is 0 Å². The molecule has 0 unspecified atom stereocenters. The molecule has 5 aromatic rings. The van der Waals surface area contributed by atoms with Crippen LogP contribution in [0.2, 0.25) is 0 Å². The molecule has 1 aromatic heterocycles. The van der Waals surface area contributed by atoms with Crippen LogP contribution in [0.4, 0.5) is 0 Å². The highest BCUT2D eigenvalue weighted by Gasteiger charge is 2.16. The summed E-state index contributed by atoms with van der Waals surface area (Å²) in [5.74, 6) is -1.44. The minimum absolute atomic E-state index is 0.0946. The number of esters is 1. The number of fused-ring (bicyclic) bond motifs is 1. The Labute approximate surface area is 221 Å². The van der Waals surface area contributed by atoms with Gasteiger partial charge < -0.3 is 24.4 Å². The zero-order valence-electron chi connectivity index (χ0n) is 20.1. The minimum atomic E-state index is -1.07. The molecule has 39 heavy (non-hydrogen) atoms. The molecular formula is C30H19NO8. The average molecular weight is 521 g/mol. The summed E-state index contributed by atoms with van der Waals surface area (Å²) in [6.45, 7) is 0. The zero-order chi connectivity index (χ0) is 27.4. The van der Waals surface area contributed by atoms with Crippen LogP contribution in [-0.2, 0) is 0 Å². The standard InChI is InChI=1S/C30H19NO8/c32-28(33)19-6-10-22(11-7-19)37-24-15-21(16-25(17-24)38-23-12-8-20(9-13-23)29(34)35)30(36)39-26-5-1-3-18-4-2-14-31-27(18)26/h1-17H,(H,32,33)(H,34,35). The molecule has 9 nitrogen and oxygen atoms in total. The highest BCUT2D eigenvalue weighted by atomic mass is 16.5. The molecule has 0 spiro atoms. The third-order valence-corrected chi connectivity index (χ3v) is 5.59. The second kappa shape index (κ2) is 10.7. The lowest BCUT2D eigenvalue weighted by molar-refractivity contribution is 0.0686. The summed E-state index contributed by atoms with van der Waals surface area (Å²) >= 11 is 0. The van der Waals surface area contributed by atoms with Gasteiger partial charge in [-0.05, 0) is 72.8 Å². The molecule has 0 saturated heterocycles. The van der Waals surface area contributed by atoms with Gasteiger partial charge in [0.05, 0.1) is 16.7 Å². The summed E-state index contributed by atoms with van der Waals surface area (Å²) < 4.78 is 17.4. The lowest BCUT2D eigenvalue weighted by atomic mass is 10.2. The van der Waals surface area contributed by atoms with Crippen LogP contribution in [0.25, 0.3) is 10.9 Å². The first-order chi connectivity index (χ1) is 18.9. The number of carboxylic acids is 2. The molecule has 0 radical (unpaired) electrons. The molecule has 9 heteroatoms. The van der Waals surface area contributed by atoms with E-state index in [-0.39, 0.29) is 33.9 Å². The van der Waals surface area contributed by atoms with E-state index in [2.05, 4.69) is 4.98 Å². The van der Waals surface area contributed by atoms with Crippen LogP contribution in [0.5, 0.6) is 28.7 Å². The third-order valence-electron chi connectivity index (χ3n) is 5.59. The SMILES string of the molecule is O=C(O)c1ccc(Oc2cc(Oc3ccc(C(=O)O)cc3)cc(C(=O)Oc3cccc4cccnc34)c2)cc1. The number of hydrogen-bond acceptors (Lipinski definition) is 7. The molecule has 5 rings (SSSR count). The van der Waals surface area contributed by atoms with Gasteiger partial charge in [-0.15, -0.1) is 0 Å². The molecular weight excluding hydrogens is 502 g/mol. The first kappa shape index (κ1) is 25.0. The number of benzene rings is 4. The largest absolute Gasteiger partial charge is 0.478 e. The summed E-state index contributed by atoms with van der Waals surface area (Å²) in [6.07, 6.45) is 1.60. The van der Waals surface area contributed by atoms with Crippen molar-refractivity contribution in [3.63, 3.8) is 0 Å². The molecule has 0 aliphatic rings. The van der Waals surface area contributed by atoms with E-state index in [9.17, 15) is 14.4 Å². The lowest BCUT2D eigenvalue weighted by Crippen LogP contribution is -2.09. The first-order valence-corrected chi connectivity index (χ1v) is 11.6. The first-order valence-electron chi connectivity index (χ1n) is 11.6. The van der Waals surface area contributed by atoms with Gasteiger partial charge in [0.25, 0.3) is 0 Å². The van der Waals surface area contributed by atoms with E-state index < -0.39 is 17.9 Å². The summed E-state index contributed by atoms with van der Waals surface area (Å²) in [5, 5.41) is 19.1. The van der Waals surface area contributed by atoms with Gasteiger partial charge >= 0.3 is 17.9 Å². The van der Waals surface area contributed by atoms with Crippen molar-refractivity contribution in [1.29, 1.82) is 0 Å². The Morgan fingerprint density at radius 3 is 1.67 bits per heavy atom. The molecule has 2 N–H and O–H groups in total. The monoisotopic (exact) mass is 521 g/mol. The Morgan fingerprint density at radius 1 is 0.590 bits per heavy atom. The number of nitrogens with zero attached hydrogens (tertiary/aromatic N) is 1. The van der Waals surface area contributed by atoms with Crippen molar-refractivity contribution in [1.82, 2.24) is 4.98 Å². The molecule has 0 bridgehead atoms. The number of carboxylic acid groups (broad SMARTS) is 2. The molecule has 1 heterocycles. The van der Waals surface area contributed by atoms with E-state index in [0.29, 0.717) is 17.0 Å². The Morgan fingerprint density at radius 2 is 1.13 bits per heavy atom. The van der Waals surface area contributed by atoms with Crippen LogP contribution >= 0.6 is 0 Å². The molecule has 0 saturated carbocycles. The second-order valence-electron chi connectivity index (χ2n) is 8.28. The zero-order valence-corrected chi connectivity index (χ0v) is 20.1. The van der Waals surface area contributed by atoms with Crippen LogP contribution in [0.15, 0.2) is 103 Å². The number of rotatable bonds is 8. The molecule has 0 amide bonds. The van der Waals surface area contributed by atoms with Crippen molar-refractivity contribution in [2.75, 3.05) is 0 Å². The third kappa shape index (κ3) is 5.83. The smallest absolute Gasteiger partial charge is 0.343 e. The highest BCUT2D eigenvalue weighted by Crippen LogP contribution is 2.32. The van der Waals surface area contributed by atoms with Crippen molar-refractivity contribution in [3.05, 3.63) is 120 Å². The van der Waals surface area contributed by atoms with E-state index in [0.717, 1.165) is 5.39 Å². The van der Waals surface area contributed by atoms with Gasteiger partial charge in [0.2, 0.25) is 0 Å². The Kier molecular flexibility index (Phi) is 6.87. The van der Waals surface area contributed by atoms with Crippen LogP contribution in [0.1, 0.15) is 31.1 Å². The molecule has 192 valence electrons. The quantitative estimate of drug-likeness (QED) is 0.175. The lowest BCUT2D eigenvalue weighted by Gasteiger charge is -2.13. The molecule has 4 aromatic carbocycles. The fourth-order valence-electron chi connectivity index (χ4n) is 3.73. The summed E-state index contributed by atoms with van der Waals surface area (Å²) in [5.41, 5.74) is 0.823. The van der Waals surface area contributed by atoms with Crippen LogP contribution in [-0.4, -0.2) is 33.1 Å². The second-order valence-corrected chi connectivity index (χ2v) is 8.28. The molecule has 0 aliphatic carbocycles. The number of aromatic nitrogens is 1. The maximum Gasteiger partial charge on any atom is 0.343 e. The van der Waals surface area contributed by atoms with Gasteiger partial charge in [-0.2, -0.15) is 0 Å². The number of carbonyl (C=O) groups excluding carboxylic acids is 1. The maximum absolute atomic E-state index is 13.2.